The fraction of sp³-hybridized carbons (Fsp3) is 1.00. The van der Waals surface area contributed by atoms with Crippen molar-refractivity contribution < 1.29 is 17.9 Å². The number of halogens is 1. The summed E-state index contributed by atoms with van der Waals surface area (Å²) in [6.07, 6.45) is 2.26. The lowest BCUT2D eigenvalue weighted by molar-refractivity contribution is 0.0470. The third kappa shape index (κ3) is 14.2. The number of hydrogen-bond donors (Lipinski definition) is 0. The fourth-order valence-corrected chi connectivity index (χ4v) is 1.82. The van der Waals surface area contributed by atoms with Crippen molar-refractivity contribution in [2.75, 3.05) is 32.2 Å². The molecule has 0 fully saturated rings. The van der Waals surface area contributed by atoms with Crippen LogP contribution < -0.4 is 0 Å². The summed E-state index contributed by atoms with van der Waals surface area (Å²) in [6.45, 7) is 4.53. The Bertz CT molecular complexity index is 228. The zero-order chi connectivity index (χ0) is 11.6. The first-order valence-electron chi connectivity index (χ1n) is 5.14. The second-order valence-corrected chi connectivity index (χ2v) is 6.07. The van der Waals surface area contributed by atoms with Crippen LogP contribution in [0.4, 0.5) is 0 Å². The van der Waals surface area contributed by atoms with Crippen LogP contribution in [0.2, 0.25) is 0 Å². The van der Waals surface area contributed by atoms with Gasteiger partial charge in [-0.05, 0) is 19.3 Å². The molecule has 0 aromatic heterocycles. The lowest BCUT2D eigenvalue weighted by Gasteiger charge is -2.04. The van der Waals surface area contributed by atoms with E-state index in [-0.39, 0.29) is 5.75 Å². The minimum absolute atomic E-state index is 0.0181. The van der Waals surface area contributed by atoms with E-state index >= 15 is 0 Å². The maximum Gasteiger partial charge on any atom is 0.232 e. The molecule has 0 N–H and O–H groups in total. The van der Waals surface area contributed by atoms with Gasteiger partial charge in [0.1, 0.15) is 0 Å². The molecule has 0 aromatic rings. The summed E-state index contributed by atoms with van der Waals surface area (Å²) < 4.78 is 31.5. The summed E-state index contributed by atoms with van der Waals surface area (Å²) in [5.74, 6) is 0.0181. The number of hydrogen-bond acceptors (Lipinski definition) is 4. The van der Waals surface area contributed by atoms with E-state index in [4.69, 9.17) is 20.2 Å². The van der Waals surface area contributed by atoms with E-state index in [0.29, 0.717) is 32.7 Å². The molecule has 0 radical (unpaired) electrons. The van der Waals surface area contributed by atoms with Crippen LogP contribution in [0.25, 0.3) is 0 Å². The summed E-state index contributed by atoms with van der Waals surface area (Å²) >= 11 is 0. The average molecular weight is 259 g/mol. The molecule has 0 saturated heterocycles. The molecule has 0 aromatic carbocycles. The van der Waals surface area contributed by atoms with Crippen LogP contribution in [0, 0.1) is 0 Å². The van der Waals surface area contributed by atoms with Crippen LogP contribution in [-0.4, -0.2) is 40.6 Å². The van der Waals surface area contributed by atoms with E-state index in [1.54, 1.807) is 0 Å². The maximum atomic E-state index is 10.5. The van der Waals surface area contributed by atoms with Gasteiger partial charge in [0.2, 0.25) is 9.05 Å². The molecule has 0 bridgehead atoms. The topological polar surface area (TPSA) is 52.6 Å². The fourth-order valence-electron chi connectivity index (χ4n) is 0.945. The third-order valence-corrected chi connectivity index (χ3v) is 2.89. The van der Waals surface area contributed by atoms with Crippen molar-refractivity contribution in [3.63, 3.8) is 0 Å². The highest BCUT2D eigenvalue weighted by molar-refractivity contribution is 8.13. The zero-order valence-electron chi connectivity index (χ0n) is 9.08. The highest BCUT2D eigenvalue weighted by Crippen LogP contribution is 2.01. The van der Waals surface area contributed by atoms with Gasteiger partial charge >= 0.3 is 0 Å². The van der Waals surface area contributed by atoms with Gasteiger partial charge in [-0.3, -0.25) is 0 Å². The Hall–Kier alpha value is 0.160. The Balaban J connectivity index is 3.06. The molecular formula is C9H19ClO4S. The van der Waals surface area contributed by atoms with E-state index < -0.39 is 9.05 Å². The third-order valence-electron chi connectivity index (χ3n) is 1.65. The van der Waals surface area contributed by atoms with E-state index in [9.17, 15) is 8.42 Å². The standard InChI is InChI=1S/C9H19ClO4S/c1-2-5-13-7-8-14-6-3-4-9-15(10,11)12/h2-9H2,1H3. The normalized spacial score (nSPS) is 11.9. The minimum atomic E-state index is -3.34. The first kappa shape index (κ1) is 15.2. The number of unbranched alkanes of at least 4 members (excludes halogenated alkanes) is 1. The van der Waals surface area contributed by atoms with Crippen molar-refractivity contribution in [1.82, 2.24) is 0 Å². The first-order chi connectivity index (χ1) is 7.06. The molecule has 0 aliphatic heterocycles. The minimum Gasteiger partial charge on any atom is -0.379 e. The molecular weight excluding hydrogens is 240 g/mol. The van der Waals surface area contributed by atoms with Crippen molar-refractivity contribution in [3.05, 3.63) is 0 Å². The summed E-state index contributed by atoms with van der Waals surface area (Å²) in [5.41, 5.74) is 0. The molecule has 0 unspecified atom stereocenters. The number of rotatable bonds is 10. The molecule has 0 aliphatic rings. The molecule has 0 aliphatic carbocycles. The molecule has 0 amide bonds. The average Bonchev–Trinajstić information content (AvgIpc) is 2.14. The second kappa shape index (κ2) is 9.39. The molecule has 0 rings (SSSR count). The van der Waals surface area contributed by atoms with Crippen molar-refractivity contribution in [2.45, 2.75) is 26.2 Å². The Labute approximate surface area is 96.3 Å². The zero-order valence-corrected chi connectivity index (χ0v) is 10.6. The Kier molecular flexibility index (Phi) is 9.49. The molecule has 0 spiro atoms. The number of ether oxygens (including phenoxy) is 2. The monoisotopic (exact) mass is 258 g/mol. The van der Waals surface area contributed by atoms with Gasteiger partial charge in [0.15, 0.2) is 0 Å². The summed E-state index contributed by atoms with van der Waals surface area (Å²) in [4.78, 5) is 0. The van der Waals surface area contributed by atoms with Gasteiger partial charge < -0.3 is 9.47 Å². The highest BCUT2D eigenvalue weighted by Gasteiger charge is 2.03. The van der Waals surface area contributed by atoms with Crippen molar-refractivity contribution >= 4 is 19.7 Å². The van der Waals surface area contributed by atoms with Crippen LogP contribution in [-0.2, 0) is 18.5 Å². The molecule has 0 atom stereocenters. The maximum absolute atomic E-state index is 10.5. The molecule has 4 nitrogen and oxygen atoms in total. The second-order valence-electron chi connectivity index (χ2n) is 3.17. The lowest BCUT2D eigenvalue weighted by atomic mass is 10.4. The molecule has 0 heterocycles. The molecule has 15 heavy (non-hydrogen) atoms. The van der Waals surface area contributed by atoms with Gasteiger partial charge in [0.25, 0.3) is 0 Å². The Morgan fingerprint density at radius 3 is 2.13 bits per heavy atom. The molecule has 0 saturated carbocycles. The first-order valence-corrected chi connectivity index (χ1v) is 7.62. The van der Waals surface area contributed by atoms with Crippen molar-refractivity contribution in [3.8, 4) is 0 Å². The SMILES string of the molecule is CCCOCCOCCCCS(=O)(=O)Cl. The smallest absolute Gasteiger partial charge is 0.232 e. The van der Waals surface area contributed by atoms with Gasteiger partial charge in [-0.1, -0.05) is 6.92 Å². The van der Waals surface area contributed by atoms with Gasteiger partial charge in [-0.2, -0.15) is 0 Å². The summed E-state index contributed by atoms with van der Waals surface area (Å²) in [6, 6.07) is 0. The lowest BCUT2D eigenvalue weighted by Crippen LogP contribution is -2.06. The van der Waals surface area contributed by atoms with Gasteiger partial charge in [0, 0.05) is 23.9 Å². The Morgan fingerprint density at radius 1 is 1.00 bits per heavy atom. The molecule has 92 valence electrons. The van der Waals surface area contributed by atoms with Crippen LogP contribution in [0.1, 0.15) is 26.2 Å². The van der Waals surface area contributed by atoms with Crippen molar-refractivity contribution in [2.24, 2.45) is 0 Å². The predicted octanol–water partition coefficient (Wildman–Crippen LogP) is 1.78. The van der Waals surface area contributed by atoms with Crippen LogP contribution >= 0.6 is 10.7 Å². The Morgan fingerprint density at radius 2 is 1.60 bits per heavy atom. The van der Waals surface area contributed by atoms with E-state index in [0.717, 1.165) is 13.0 Å². The van der Waals surface area contributed by atoms with Crippen LogP contribution in [0.15, 0.2) is 0 Å². The van der Waals surface area contributed by atoms with E-state index in [1.165, 1.54) is 0 Å². The van der Waals surface area contributed by atoms with E-state index in [1.807, 2.05) is 6.92 Å². The van der Waals surface area contributed by atoms with Crippen molar-refractivity contribution in [1.29, 1.82) is 0 Å². The van der Waals surface area contributed by atoms with Crippen LogP contribution in [0.5, 0.6) is 0 Å². The van der Waals surface area contributed by atoms with Crippen LogP contribution in [0.3, 0.4) is 0 Å². The van der Waals surface area contributed by atoms with Gasteiger partial charge in [-0.25, -0.2) is 8.42 Å². The highest BCUT2D eigenvalue weighted by atomic mass is 35.7. The predicted molar refractivity (Wildman–Crippen MR) is 60.8 cm³/mol. The van der Waals surface area contributed by atoms with Gasteiger partial charge in [0.05, 0.1) is 19.0 Å². The quantitative estimate of drug-likeness (QED) is 0.443. The largest absolute Gasteiger partial charge is 0.379 e. The summed E-state index contributed by atoms with van der Waals surface area (Å²) in [7, 11) is 1.70. The summed E-state index contributed by atoms with van der Waals surface area (Å²) in [5, 5.41) is 0. The van der Waals surface area contributed by atoms with E-state index in [2.05, 4.69) is 0 Å². The molecule has 6 heteroatoms. The van der Waals surface area contributed by atoms with Gasteiger partial charge in [-0.15, -0.1) is 0 Å².